The first kappa shape index (κ1) is 29.9. The average molecular weight is 579 g/mol. The Hall–Kier alpha value is -3.12. The van der Waals surface area contributed by atoms with E-state index in [9.17, 15) is 23.9 Å². The molecule has 3 amide bonds. The van der Waals surface area contributed by atoms with Gasteiger partial charge < -0.3 is 25.4 Å². The second-order valence-electron chi connectivity index (χ2n) is 11.6. The Labute approximate surface area is 236 Å². The number of carbonyl (C=O) groups is 3. The number of nitrogens with zero attached hydrogens (tertiary/aromatic N) is 2. The summed E-state index contributed by atoms with van der Waals surface area (Å²) in [5, 5.41) is 15.5. The predicted octanol–water partition coefficient (Wildman–Crippen LogP) is 3.25. The molecule has 1 saturated heterocycles. The quantitative estimate of drug-likeness (QED) is 0.442. The van der Waals surface area contributed by atoms with Crippen molar-refractivity contribution in [3.05, 3.63) is 35.0 Å². The lowest BCUT2D eigenvalue weighted by molar-refractivity contribution is -0.145. The lowest BCUT2D eigenvalue weighted by atomic mass is 9.85. The summed E-state index contributed by atoms with van der Waals surface area (Å²) in [6.45, 7) is 8.19. The molecule has 5 atom stereocenters. The number of β-amino-alcohol motifs (C(OH)–C–C–N with tert-alkyl or cyclic N) is 1. The molecule has 1 aromatic heterocycles. The molecule has 0 radical (unpaired) electrons. The highest BCUT2D eigenvalue weighted by Crippen LogP contribution is 2.40. The van der Waals surface area contributed by atoms with Crippen LogP contribution in [-0.4, -0.2) is 76.4 Å². The van der Waals surface area contributed by atoms with Crippen molar-refractivity contribution < 1.29 is 33.0 Å². The van der Waals surface area contributed by atoms with E-state index in [0.29, 0.717) is 11.3 Å². The molecule has 1 aliphatic heterocycles. The molecule has 1 aromatic carbocycles. The number of aliphatic hydroxyl groups excluding tert-OH is 1. The van der Waals surface area contributed by atoms with Gasteiger partial charge in [-0.15, -0.1) is 11.3 Å². The van der Waals surface area contributed by atoms with Gasteiger partial charge >= 0.3 is 0 Å². The van der Waals surface area contributed by atoms with Crippen molar-refractivity contribution in [2.24, 2.45) is 5.41 Å². The Kier molecular flexibility index (Phi) is 8.24. The fourth-order valence-corrected chi connectivity index (χ4v) is 5.69. The number of ether oxygens (including phenoxy) is 1. The largest absolute Gasteiger partial charge is 0.496 e. The van der Waals surface area contributed by atoms with Crippen molar-refractivity contribution in [1.82, 2.24) is 20.5 Å². The summed E-state index contributed by atoms with van der Waals surface area (Å²) in [5.41, 5.74) is 1.26. The van der Waals surface area contributed by atoms with Crippen LogP contribution in [-0.2, 0) is 14.4 Å². The Balaban J connectivity index is 1.54. The number of likely N-dealkylation sites (tertiary alicyclic amines) is 1. The number of halogens is 2. The van der Waals surface area contributed by atoms with Gasteiger partial charge in [0.1, 0.15) is 23.9 Å². The van der Waals surface area contributed by atoms with Gasteiger partial charge in [-0.05, 0) is 43.7 Å². The lowest BCUT2D eigenvalue weighted by Crippen LogP contribution is -2.59. The number of thiazole rings is 1. The van der Waals surface area contributed by atoms with Crippen molar-refractivity contribution in [3.8, 4) is 16.2 Å². The Morgan fingerprint density at radius 3 is 2.48 bits per heavy atom. The van der Waals surface area contributed by atoms with E-state index in [4.69, 9.17) is 4.74 Å². The van der Waals surface area contributed by atoms with Crippen LogP contribution in [0.5, 0.6) is 5.75 Å². The van der Waals surface area contributed by atoms with Crippen LogP contribution in [0.15, 0.2) is 23.7 Å². The van der Waals surface area contributed by atoms with Crippen LogP contribution in [0.3, 0.4) is 0 Å². The number of carbonyl (C=O) groups excluding carboxylic acids is 3. The summed E-state index contributed by atoms with van der Waals surface area (Å²) in [4.78, 5) is 45.7. The zero-order valence-corrected chi connectivity index (χ0v) is 24.3. The minimum Gasteiger partial charge on any atom is -0.496 e. The van der Waals surface area contributed by atoms with Crippen molar-refractivity contribution in [2.75, 3.05) is 13.7 Å². The van der Waals surface area contributed by atoms with Crippen molar-refractivity contribution in [2.45, 2.75) is 83.5 Å². The summed E-state index contributed by atoms with van der Waals surface area (Å²) in [6.07, 6.45) is -3.52. The zero-order chi connectivity index (χ0) is 29.6. The third-order valence-corrected chi connectivity index (χ3v) is 8.47. The van der Waals surface area contributed by atoms with Crippen LogP contribution >= 0.6 is 11.3 Å². The number of aromatic nitrogens is 1. The number of amides is 3. The summed E-state index contributed by atoms with van der Waals surface area (Å²) in [5.74, 6) is -1.97. The third-order valence-electron chi connectivity index (χ3n) is 7.49. The maximum atomic E-state index is 15.2. The number of rotatable bonds is 8. The second kappa shape index (κ2) is 11.0. The molecule has 2 heterocycles. The van der Waals surface area contributed by atoms with E-state index in [-0.39, 0.29) is 12.8 Å². The number of aliphatic hydroxyl groups is 1. The van der Waals surface area contributed by atoms with Crippen LogP contribution in [0.2, 0.25) is 0 Å². The first-order valence-electron chi connectivity index (χ1n) is 13.2. The lowest BCUT2D eigenvalue weighted by Gasteiger charge is -2.36. The molecule has 3 N–H and O–H groups in total. The number of benzene rings is 1. The van der Waals surface area contributed by atoms with Crippen LogP contribution in [0.25, 0.3) is 10.4 Å². The number of methoxy groups -OCH3 is 1. The minimum atomic E-state index is -2.05. The van der Waals surface area contributed by atoms with Gasteiger partial charge in [-0.25, -0.2) is 13.8 Å². The topological polar surface area (TPSA) is 121 Å². The van der Waals surface area contributed by atoms with Crippen LogP contribution in [0.1, 0.15) is 57.8 Å². The molecule has 2 fully saturated rings. The maximum Gasteiger partial charge on any atom is 0.258 e. The molecule has 9 nitrogen and oxygen atoms in total. The number of hydrogen-bond donors (Lipinski definition) is 3. The van der Waals surface area contributed by atoms with Crippen molar-refractivity contribution in [3.63, 3.8) is 0 Å². The number of alkyl halides is 2. The number of aryl methyl sites for hydroxylation is 1. The molecule has 1 saturated carbocycles. The standard InChI is InChI=1S/C28H36F2N4O5S/c1-14(17-8-7-16(11-19(17)39-6)22-15(2)31-13-40-22)32-24(36)21-20(29)18(35)12-34(21)25(37)23(27(3,4)5)33-26(38)28(30)9-10-28/h7-8,11,13-14,18,20-21,23,35H,9-10,12H2,1-6H3,(H,32,36)(H,33,38)/t14-,18-,20-,21-,23+/m0/s1. The monoisotopic (exact) mass is 578 g/mol. The molecule has 4 rings (SSSR count). The molecular formula is C28H36F2N4O5S. The van der Waals surface area contributed by atoms with Gasteiger partial charge in [0.25, 0.3) is 5.91 Å². The van der Waals surface area contributed by atoms with Crippen LogP contribution in [0, 0.1) is 12.3 Å². The first-order valence-corrected chi connectivity index (χ1v) is 14.1. The number of hydrogen-bond acceptors (Lipinski definition) is 7. The van der Waals surface area contributed by atoms with E-state index < -0.39 is 65.8 Å². The summed E-state index contributed by atoms with van der Waals surface area (Å²) in [6, 6.07) is 1.99. The van der Waals surface area contributed by atoms with E-state index in [1.165, 1.54) is 18.4 Å². The highest BCUT2D eigenvalue weighted by atomic mass is 32.1. The van der Waals surface area contributed by atoms with E-state index in [1.807, 2.05) is 19.1 Å². The normalized spacial score (nSPS) is 23.3. The number of nitrogens with one attached hydrogen (secondary N) is 2. The summed E-state index contributed by atoms with van der Waals surface area (Å²) >= 11 is 1.49. The van der Waals surface area contributed by atoms with Gasteiger partial charge in [-0.3, -0.25) is 14.4 Å². The molecule has 2 aliphatic rings. The molecule has 1 aliphatic carbocycles. The van der Waals surface area contributed by atoms with E-state index in [2.05, 4.69) is 15.6 Å². The highest BCUT2D eigenvalue weighted by molar-refractivity contribution is 7.13. The first-order chi connectivity index (χ1) is 18.7. The van der Waals surface area contributed by atoms with Crippen LogP contribution < -0.4 is 15.4 Å². The zero-order valence-electron chi connectivity index (χ0n) is 23.5. The van der Waals surface area contributed by atoms with Gasteiger partial charge in [0.2, 0.25) is 11.8 Å². The SMILES string of the molecule is COc1cc(-c2scnc2C)ccc1[C@H](C)NC(=O)[C@@H]1[C@@H](F)[C@@H](O)CN1C(=O)[C@@H](NC(=O)C1(F)CC1)C(C)(C)C. The fraction of sp³-hybridized carbons (Fsp3) is 0.571. The molecule has 0 unspecified atom stereocenters. The molecule has 218 valence electrons. The van der Waals surface area contributed by atoms with Crippen LogP contribution in [0.4, 0.5) is 8.78 Å². The van der Waals surface area contributed by atoms with E-state index in [0.717, 1.165) is 21.0 Å². The minimum absolute atomic E-state index is 0.0655. The smallest absolute Gasteiger partial charge is 0.258 e. The fourth-order valence-electron chi connectivity index (χ4n) is 4.89. The molecule has 2 aromatic rings. The Morgan fingerprint density at radius 1 is 1.25 bits per heavy atom. The second-order valence-corrected chi connectivity index (χ2v) is 12.5. The molecule has 12 heteroatoms. The maximum absolute atomic E-state index is 15.2. The van der Waals surface area contributed by atoms with Gasteiger partial charge in [0.05, 0.1) is 35.8 Å². The van der Waals surface area contributed by atoms with Gasteiger partial charge in [0, 0.05) is 5.56 Å². The van der Waals surface area contributed by atoms with Crippen molar-refractivity contribution in [1.29, 1.82) is 0 Å². The predicted molar refractivity (Wildman–Crippen MR) is 146 cm³/mol. The molecule has 40 heavy (non-hydrogen) atoms. The van der Waals surface area contributed by atoms with E-state index in [1.54, 1.807) is 39.3 Å². The van der Waals surface area contributed by atoms with Gasteiger partial charge in [0.15, 0.2) is 11.8 Å². The molecule has 0 spiro atoms. The molecular weight excluding hydrogens is 542 g/mol. The Bertz CT molecular complexity index is 1290. The summed E-state index contributed by atoms with van der Waals surface area (Å²) in [7, 11) is 1.51. The van der Waals surface area contributed by atoms with E-state index >= 15 is 4.39 Å². The van der Waals surface area contributed by atoms with Gasteiger partial charge in [-0.1, -0.05) is 32.9 Å². The Morgan fingerprint density at radius 2 is 1.93 bits per heavy atom. The van der Waals surface area contributed by atoms with Crippen molar-refractivity contribution >= 4 is 29.1 Å². The molecule has 0 bridgehead atoms. The highest BCUT2D eigenvalue weighted by Gasteiger charge is 2.54. The summed E-state index contributed by atoms with van der Waals surface area (Å²) < 4.78 is 35.2. The van der Waals surface area contributed by atoms with Gasteiger partial charge in [-0.2, -0.15) is 0 Å². The third kappa shape index (κ3) is 5.83. The average Bonchev–Trinajstić information content (AvgIpc) is 3.38.